The second-order valence-corrected chi connectivity index (χ2v) is 7.90. The van der Waals surface area contributed by atoms with Crippen molar-refractivity contribution in [2.75, 3.05) is 6.54 Å². The molecule has 1 N–H and O–H groups in total. The number of nitrogens with one attached hydrogen (secondary N) is 1. The predicted octanol–water partition coefficient (Wildman–Crippen LogP) is 3.96. The second kappa shape index (κ2) is 8.12. The molecule has 2 aromatic carbocycles. The first-order valence-electron chi connectivity index (χ1n) is 7.05. The zero-order valence-corrected chi connectivity index (χ0v) is 15.0. The quantitative estimate of drug-likeness (QED) is 0.787. The van der Waals surface area contributed by atoms with Crippen molar-refractivity contribution < 1.29 is 22.0 Å². The van der Waals surface area contributed by atoms with E-state index in [0.29, 0.717) is 23.0 Å². The maximum atomic E-state index is 12.5. The highest BCUT2D eigenvalue weighted by Crippen LogP contribution is 2.20. The largest absolute Gasteiger partial charge is 0.352 e. The maximum absolute atomic E-state index is 12.5. The summed E-state index contributed by atoms with van der Waals surface area (Å²) in [6, 6.07) is 9.37. The molecule has 0 unspecified atom stereocenters. The Hall–Kier alpha value is -1.70. The van der Waals surface area contributed by atoms with Crippen molar-refractivity contribution in [3.63, 3.8) is 0 Å². The van der Waals surface area contributed by atoms with Crippen molar-refractivity contribution in [1.29, 1.82) is 0 Å². The highest BCUT2D eigenvalue weighted by molar-refractivity contribution is 7.91. The number of hydrogen-bond donors (Lipinski definition) is 1. The van der Waals surface area contributed by atoms with Crippen molar-refractivity contribution in [3.8, 4) is 0 Å². The molecule has 0 spiro atoms. The van der Waals surface area contributed by atoms with Crippen molar-refractivity contribution in [3.05, 3.63) is 63.6 Å². The van der Waals surface area contributed by atoms with Gasteiger partial charge in [-0.3, -0.25) is 4.79 Å². The Morgan fingerprint density at radius 3 is 2.12 bits per heavy atom. The highest BCUT2D eigenvalue weighted by Gasteiger charge is 2.26. The number of rotatable bonds is 6. The first-order chi connectivity index (χ1) is 11.7. The Balaban J connectivity index is 1.97. The molecule has 9 heteroatoms. The van der Waals surface area contributed by atoms with E-state index in [1.807, 2.05) is 0 Å². The van der Waals surface area contributed by atoms with E-state index in [4.69, 9.17) is 23.2 Å². The second-order valence-electron chi connectivity index (χ2n) is 5.11. The fourth-order valence-corrected chi connectivity index (χ4v) is 3.37. The first kappa shape index (κ1) is 19.6. The van der Waals surface area contributed by atoms with Gasteiger partial charge in [0.05, 0.1) is 4.90 Å². The summed E-state index contributed by atoms with van der Waals surface area (Å²) >= 11 is 11.8. The van der Waals surface area contributed by atoms with E-state index in [9.17, 15) is 22.0 Å². The molecule has 0 aliphatic rings. The lowest BCUT2D eigenvalue weighted by Crippen LogP contribution is -2.25. The summed E-state index contributed by atoms with van der Waals surface area (Å²) in [6.07, 6.45) is 0.490. The van der Waals surface area contributed by atoms with Gasteiger partial charge in [-0.25, -0.2) is 8.42 Å². The molecule has 0 bridgehead atoms. The van der Waals surface area contributed by atoms with Crippen LogP contribution >= 0.6 is 23.2 Å². The van der Waals surface area contributed by atoms with Crippen LogP contribution in [0.2, 0.25) is 10.0 Å². The van der Waals surface area contributed by atoms with E-state index in [1.54, 1.807) is 18.2 Å². The number of hydrogen-bond acceptors (Lipinski definition) is 3. The fourth-order valence-electron chi connectivity index (χ4n) is 2.08. The average Bonchev–Trinajstić information content (AvgIpc) is 2.53. The summed E-state index contributed by atoms with van der Waals surface area (Å²) < 4.78 is 47.6. The van der Waals surface area contributed by atoms with Crippen LogP contribution in [0.1, 0.15) is 15.9 Å². The number of sulfone groups is 1. The SMILES string of the molecule is O=C(NCCc1cc(Cl)cc(Cl)c1)c1ccc(S(=O)(=O)C(F)F)cc1. The van der Waals surface area contributed by atoms with E-state index in [1.165, 1.54) is 12.1 Å². The summed E-state index contributed by atoms with van der Waals surface area (Å²) in [7, 11) is -4.67. The van der Waals surface area contributed by atoms with Crippen molar-refractivity contribution in [1.82, 2.24) is 5.32 Å². The van der Waals surface area contributed by atoms with Gasteiger partial charge in [0.25, 0.3) is 5.91 Å². The molecule has 0 aliphatic carbocycles. The Morgan fingerprint density at radius 2 is 1.60 bits per heavy atom. The third-order valence-corrected chi connectivity index (χ3v) is 5.14. The Morgan fingerprint density at radius 1 is 1.04 bits per heavy atom. The fraction of sp³-hybridized carbons (Fsp3) is 0.188. The van der Waals surface area contributed by atoms with Crippen molar-refractivity contribution in [2.24, 2.45) is 0 Å². The molecule has 0 atom stereocenters. The van der Waals surface area contributed by atoms with Gasteiger partial charge >= 0.3 is 5.76 Å². The van der Waals surface area contributed by atoms with Gasteiger partial charge in [0, 0.05) is 22.2 Å². The van der Waals surface area contributed by atoms with Gasteiger partial charge in [-0.1, -0.05) is 23.2 Å². The monoisotopic (exact) mass is 407 g/mol. The Labute approximate surface area is 153 Å². The van der Waals surface area contributed by atoms with Gasteiger partial charge in [0.15, 0.2) is 0 Å². The predicted molar refractivity (Wildman–Crippen MR) is 92.1 cm³/mol. The van der Waals surface area contributed by atoms with Gasteiger partial charge in [-0.15, -0.1) is 0 Å². The first-order valence-corrected chi connectivity index (χ1v) is 9.35. The lowest BCUT2D eigenvalue weighted by molar-refractivity contribution is 0.0954. The van der Waals surface area contributed by atoms with Crippen LogP contribution < -0.4 is 5.32 Å². The minimum absolute atomic E-state index is 0.164. The summed E-state index contributed by atoms with van der Waals surface area (Å²) in [5.74, 6) is -3.95. The number of alkyl halides is 2. The third-order valence-electron chi connectivity index (χ3n) is 3.30. The van der Waals surface area contributed by atoms with Crippen LogP contribution in [0.4, 0.5) is 8.78 Å². The molecule has 2 rings (SSSR count). The van der Waals surface area contributed by atoms with Crippen LogP contribution in [-0.4, -0.2) is 26.6 Å². The van der Waals surface area contributed by atoms with E-state index in [0.717, 1.165) is 17.7 Å². The number of carbonyl (C=O) groups excluding carboxylic acids is 1. The van der Waals surface area contributed by atoms with Crippen LogP contribution in [0.15, 0.2) is 47.4 Å². The lowest BCUT2D eigenvalue weighted by atomic mass is 10.1. The molecular formula is C16H13Cl2F2NO3S. The van der Waals surface area contributed by atoms with Crippen LogP contribution in [0.25, 0.3) is 0 Å². The molecule has 0 aliphatic heterocycles. The third kappa shape index (κ3) is 5.14. The van der Waals surface area contributed by atoms with Gasteiger partial charge in [-0.05, 0) is 54.4 Å². The molecular weight excluding hydrogens is 395 g/mol. The standard InChI is InChI=1S/C16H13Cl2F2NO3S/c17-12-7-10(8-13(18)9-12)5-6-21-15(22)11-1-3-14(4-2-11)25(23,24)16(19)20/h1-4,7-9,16H,5-6H2,(H,21,22). The van der Waals surface area contributed by atoms with Crippen molar-refractivity contribution in [2.45, 2.75) is 17.1 Å². The summed E-state index contributed by atoms with van der Waals surface area (Å²) in [4.78, 5) is 11.5. The molecule has 0 radical (unpaired) electrons. The maximum Gasteiger partial charge on any atom is 0.341 e. The molecule has 0 aromatic heterocycles. The topological polar surface area (TPSA) is 63.2 Å². The summed E-state index contributed by atoms with van der Waals surface area (Å²) in [6.45, 7) is 0.298. The summed E-state index contributed by atoms with van der Waals surface area (Å²) in [5.41, 5.74) is 1.01. The number of carbonyl (C=O) groups is 1. The van der Waals surface area contributed by atoms with Gasteiger partial charge < -0.3 is 5.32 Å². The number of halogens is 4. The minimum Gasteiger partial charge on any atom is -0.352 e. The van der Waals surface area contributed by atoms with Crippen molar-refractivity contribution >= 4 is 38.9 Å². The Kier molecular flexibility index (Phi) is 6.37. The molecule has 0 heterocycles. The molecule has 0 fully saturated rings. The van der Waals surface area contributed by atoms with Gasteiger partial charge in [0.1, 0.15) is 0 Å². The van der Waals surface area contributed by atoms with E-state index >= 15 is 0 Å². The number of benzene rings is 2. The van der Waals surface area contributed by atoms with E-state index < -0.39 is 26.4 Å². The number of amides is 1. The van der Waals surface area contributed by atoms with E-state index in [2.05, 4.69) is 5.32 Å². The van der Waals surface area contributed by atoms with Crippen LogP contribution in [0.3, 0.4) is 0 Å². The van der Waals surface area contributed by atoms with Gasteiger partial charge in [0.2, 0.25) is 9.84 Å². The van der Waals surface area contributed by atoms with Crippen LogP contribution in [-0.2, 0) is 16.3 Å². The molecule has 1 amide bonds. The lowest BCUT2D eigenvalue weighted by Gasteiger charge is -2.07. The molecule has 4 nitrogen and oxygen atoms in total. The molecule has 134 valence electrons. The normalized spacial score (nSPS) is 11.6. The molecule has 0 saturated heterocycles. The molecule has 2 aromatic rings. The summed E-state index contributed by atoms with van der Waals surface area (Å²) in [5, 5.41) is 3.63. The average molecular weight is 408 g/mol. The Bertz CT molecular complexity index is 851. The minimum atomic E-state index is -4.67. The van der Waals surface area contributed by atoms with Gasteiger partial charge in [-0.2, -0.15) is 8.78 Å². The zero-order chi connectivity index (χ0) is 18.6. The smallest absolute Gasteiger partial charge is 0.341 e. The highest BCUT2D eigenvalue weighted by atomic mass is 35.5. The molecule has 0 saturated carbocycles. The van der Waals surface area contributed by atoms with Crippen LogP contribution in [0.5, 0.6) is 0 Å². The van der Waals surface area contributed by atoms with Crippen LogP contribution in [0, 0.1) is 0 Å². The molecule has 25 heavy (non-hydrogen) atoms. The van der Waals surface area contributed by atoms with E-state index in [-0.39, 0.29) is 5.56 Å². The zero-order valence-electron chi connectivity index (χ0n) is 12.7.